The van der Waals surface area contributed by atoms with Gasteiger partial charge in [0, 0.05) is 44.9 Å². The highest BCUT2D eigenvalue weighted by atomic mass is 35.5. The molecule has 0 aromatic heterocycles. The predicted molar refractivity (Wildman–Crippen MR) is 133 cm³/mol. The van der Waals surface area contributed by atoms with Gasteiger partial charge in [-0.15, -0.1) is 0 Å². The average molecular weight is 494 g/mol. The molecule has 4 rings (SSSR count). The topological polar surface area (TPSA) is 70.2 Å². The van der Waals surface area contributed by atoms with Crippen LogP contribution in [0.3, 0.4) is 0 Å². The number of carbonyl (C=O) groups excluding carboxylic acids is 2. The van der Waals surface area contributed by atoms with Gasteiger partial charge in [-0.3, -0.25) is 9.59 Å². The molecule has 3 N–H and O–H groups in total. The highest BCUT2D eigenvalue weighted by Crippen LogP contribution is 2.39. The minimum Gasteiger partial charge on any atom is -0.362 e. The first kappa shape index (κ1) is 24.2. The Morgan fingerprint density at radius 1 is 0.771 bits per heavy atom. The summed E-state index contributed by atoms with van der Waals surface area (Å²) in [6, 6.07) is 17.7. The number of carbonyl (C=O) groups is 2. The van der Waals surface area contributed by atoms with E-state index in [2.05, 4.69) is 16.0 Å². The van der Waals surface area contributed by atoms with Gasteiger partial charge in [0.2, 0.25) is 0 Å². The fourth-order valence-electron chi connectivity index (χ4n) is 4.08. The van der Waals surface area contributed by atoms with E-state index < -0.39 is 29.4 Å². The van der Waals surface area contributed by atoms with Crippen molar-refractivity contribution in [2.24, 2.45) is 0 Å². The maximum Gasteiger partial charge on any atom is 0.254 e. The van der Waals surface area contributed by atoms with Crippen LogP contribution in [0.5, 0.6) is 0 Å². The molecule has 2 amide bonds. The Kier molecular flexibility index (Phi) is 6.98. The van der Waals surface area contributed by atoms with E-state index in [0.717, 1.165) is 0 Å². The molecular weight excluding hydrogens is 472 g/mol. The van der Waals surface area contributed by atoms with Crippen LogP contribution in [-0.2, 0) is 9.59 Å². The molecule has 0 bridgehead atoms. The van der Waals surface area contributed by atoms with Crippen molar-refractivity contribution in [2.75, 3.05) is 10.6 Å². The first-order valence-corrected chi connectivity index (χ1v) is 11.2. The van der Waals surface area contributed by atoms with Crippen LogP contribution in [0.2, 0.25) is 5.02 Å². The first-order valence-electron chi connectivity index (χ1n) is 10.8. The maximum absolute atomic E-state index is 13.5. The lowest BCUT2D eigenvalue weighted by atomic mass is 9.79. The fourth-order valence-corrected chi connectivity index (χ4v) is 4.28. The van der Waals surface area contributed by atoms with Crippen molar-refractivity contribution in [3.8, 4) is 0 Å². The van der Waals surface area contributed by atoms with Gasteiger partial charge < -0.3 is 16.0 Å². The summed E-state index contributed by atoms with van der Waals surface area (Å²) >= 11 is 6.26. The molecule has 5 nitrogen and oxygen atoms in total. The summed E-state index contributed by atoms with van der Waals surface area (Å²) in [7, 11) is 0. The van der Waals surface area contributed by atoms with Gasteiger partial charge >= 0.3 is 0 Å². The minimum absolute atomic E-state index is 0.312. The lowest BCUT2D eigenvalue weighted by Gasteiger charge is -2.31. The summed E-state index contributed by atoms with van der Waals surface area (Å²) in [5.41, 5.74) is 3.20. The molecular formula is C27H22ClF2N3O2. The summed E-state index contributed by atoms with van der Waals surface area (Å²) in [6.07, 6.45) is 0. The maximum atomic E-state index is 13.5. The van der Waals surface area contributed by atoms with Crippen molar-refractivity contribution < 1.29 is 18.4 Å². The number of amides is 2. The average Bonchev–Trinajstić information content (AvgIpc) is 2.81. The van der Waals surface area contributed by atoms with E-state index in [-0.39, 0.29) is 0 Å². The normalized spacial score (nSPS) is 14.0. The molecule has 0 unspecified atom stereocenters. The zero-order valence-electron chi connectivity index (χ0n) is 19.0. The Bertz CT molecular complexity index is 1270. The molecule has 35 heavy (non-hydrogen) atoms. The number of hydrogen-bond acceptors (Lipinski definition) is 3. The number of anilines is 2. The van der Waals surface area contributed by atoms with E-state index in [1.165, 1.54) is 48.5 Å². The van der Waals surface area contributed by atoms with Crippen LogP contribution in [0.1, 0.15) is 25.3 Å². The van der Waals surface area contributed by atoms with Crippen LogP contribution >= 0.6 is 11.6 Å². The molecule has 0 spiro atoms. The van der Waals surface area contributed by atoms with Gasteiger partial charge in [-0.2, -0.15) is 0 Å². The predicted octanol–water partition coefficient (Wildman–Crippen LogP) is 6.13. The van der Waals surface area contributed by atoms with Gasteiger partial charge in [0.25, 0.3) is 11.8 Å². The SMILES string of the molecule is CC1=C(C(=O)Nc2ccc(F)cc2)C(c2cccc(Cl)c2)C(C(=O)Nc2ccc(F)cc2)=C(C)N1. The molecule has 3 aromatic carbocycles. The van der Waals surface area contributed by atoms with Crippen molar-refractivity contribution in [2.45, 2.75) is 19.8 Å². The highest BCUT2D eigenvalue weighted by molar-refractivity contribution is 6.30. The lowest BCUT2D eigenvalue weighted by Crippen LogP contribution is -2.35. The number of rotatable bonds is 5. The molecule has 1 heterocycles. The van der Waals surface area contributed by atoms with Crippen molar-refractivity contribution in [1.29, 1.82) is 0 Å². The summed E-state index contributed by atoms with van der Waals surface area (Å²) in [4.78, 5) is 26.9. The third-order valence-corrected chi connectivity index (χ3v) is 5.87. The van der Waals surface area contributed by atoms with Crippen LogP contribution in [0.25, 0.3) is 0 Å². The number of dihydropyridines is 1. The zero-order valence-corrected chi connectivity index (χ0v) is 19.7. The van der Waals surface area contributed by atoms with Gasteiger partial charge in [0.05, 0.1) is 0 Å². The third kappa shape index (κ3) is 5.41. The Balaban J connectivity index is 1.75. The van der Waals surface area contributed by atoms with Gasteiger partial charge in [-0.25, -0.2) is 8.78 Å². The lowest BCUT2D eigenvalue weighted by molar-refractivity contribution is -0.113. The number of allylic oxidation sites excluding steroid dienone is 2. The number of nitrogens with one attached hydrogen (secondary N) is 3. The third-order valence-electron chi connectivity index (χ3n) is 5.64. The van der Waals surface area contributed by atoms with E-state index in [1.807, 2.05) is 0 Å². The summed E-state index contributed by atoms with van der Waals surface area (Å²) in [6.45, 7) is 3.49. The van der Waals surface area contributed by atoms with Crippen LogP contribution < -0.4 is 16.0 Å². The molecule has 0 saturated heterocycles. The van der Waals surface area contributed by atoms with Crippen LogP contribution in [0.4, 0.5) is 20.2 Å². The second-order valence-corrected chi connectivity index (χ2v) is 8.55. The van der Waals surface area contributed by atoms with E-state index in [4.69, 9.17) is 11.6 Å². The molecule has 0 atom stereocenters. The summed E-state index contributed by atoms with van der Waals surface area (Å²) < 4.78 is 26.7. The monoisotopic (exact) mass is 493 g/mol. The quantitative estimate of drug-likeness (QED) is 0.400. The van der Waals surface area contributed by atoms with Gasteiger partial charge in [0.1, 0.15) is 11.6 Å². The molecule has 178 valence electrons. The number of benzene rings is 3. The fraction of sp³-hybridized carbons (Fsp3) is 0.111. The molecule has 1 aliphatic heterocycles. The number of hydrogen-bond donors (Lipinski definition) is 3. The molecule has 0 radical (unpaired) electrons. The van der Waals surface area contributed by atoms with Gasteiger partial charge in [0.15, 0.2) is 0 Å². The molecule has 0 fully saturated rings. The van der Waals surface area contributed by atoms with E-state index >= 15 is 0 Å². The highest BCUT2D eigenvalue weighted by Gasteiger charge is 2.36. The van der Waals surface area contributed by atoms with Gasteiger partial charge in [-0.1, -0.05) is 23.7 Å². The Morgan fingerprint density at radius 3 is 1.66 bits per heavy atom. The van der Waals surface area contributed by atoms with E-state index in [1.54, 1.807) is 38.1 Å². The Hall–Kier alpha value is -3.97. The van der Waals surface area contributed by atoms with E-state index in [0.29, 0.717) is 44.5 Å². The molecule has 0 saturated carbocycles. The zero-order chi connectivity index (χ0) is 25.1. The first-order chi connectivity index (χ1) is 16.7. The Labute approximate surface area is 206 Å². The molecule has 8 heteroatoms. The smallest absolute Gasteiger partial charge is 0.254 e. The summed E-state index contributed by atoms with van der Waals surface area (Å²) in [5.74, 6) is -2.51. The van der Waals surface area contributed by atoms with Crippen LogP contribution in [0.15, 0.2) is 95.3 Å². The summed E-state index contributed by atoms with van der Waals surface area (Å²) in [5, 5.41) is 9.14. The number of halogens is 3. The molecule has 0 aliphatic carbocycles. The van der Waals surface area contributed by atoms with Gasteiger partial charge in [-0.05, 0) is 80.1 Å². The van der Waals surface area contributed by atoms with Crippen molar-refractivity contribution in [3.63, 3.8) is 0 Å². The standard InChI is InChI=1S/C27H22ClF2N3O2/c1-15-23(26(34)32-21-10-6-19(29)7-11-21)25(17-4-3-5-18(28)14-17)24(16(2)31-15)27(35)33-22-12-8-20(30)9-13-22/h3-14,25,31H,1-2H3,(H,32,34)(H,33,35). The minimum atomic E-state index is -0.754. The second kappa shape index (κ2) is 10.1. The van der Waals surface area contributed by atoms with Crippen LogP contribution in [-0.4, -0.2) is 11.8 Å². The van der Waals surface area contributed by atoms with Crippen molar-refractivity contribution in [1.82, 2.24) is 5.32 Å². The second-order valence-electron chi connectivity index (χ2n) is 8.11. The molecule has 3 aromatic rings. The molecule has 1 aliphatic rings. The largest absolute Gasteiger partial charge is 0.362 e. The van der Waals surface area contributed by atoms with Crippen molar-refractivity contribution in [3.05, 3.63) is 118 Å². The Morgan fingerprint density at radius 2 is 1.23 bits per heavy atom. The van der Waals surface area contributed by atoms with E-state index in [9.17, 15) is 18.4 Å². The van der Waals surface area contributed by atoms with Crippen molar-refractivity contribution >= 4 is 34.8 Å². The van der Waals surface area contributed by atoms with Crippen LogP contribution in [0, 0.1) is 11.6 Å².